The van der Waals surface area contributed by atoms with Crippen LogP contribution < -0.4 is 5.73 Å². The van der Waals surface area contributed by atoms with Crippen molar-refractivity contribution in [1.29, 1.82) is 0 Å². The third kappa shape index (κ3) is 5.73. The first-order valence-electron chi connectivity index (χ1n) is 6.86. The van der Waals surface area contributed by atoms with Crippen molar-refractivity contribution in [2.75, 3.05) is 39.5 Å². The summed E-state index contributed by atoms with van der Waals surface area (Å²) in [6.07, 6.45) is 2.43. The molecule has 2 rings (SSSR count). The van der Waals surface area contributed by atoms with Gasteiger partial charge in [0, 0.05) is 31.4 Å². The SMILES string of the molecule is CN1CCCC(CN(C)C(=O)c2cccc(N)c2)C1.Cl.Cl. The van der Waals surface area contributed by atoms with Gasteiger partial charge in [0.15, 0.2) is 0 Å². The molecule has 0 bridgehead atoms. The van der Waals surface area contributed by atoms with Gasteiger partial charge in [0.25, 0.3) is 5.91 Å². The van der Waals surface area contributed by atoms with Gasteiger partial charge in [0.2, 0.25) is 0 Å². The predicted molar refractivity (Wildman–Crippen MR) is 92.5 cm³/mol. The van der Waals surface area contributed by atoms with Crippen LogP contribution in [0.3, 0.4) is 0 Å². The molecule has 1 aliphatic rings. The molecule has 0 aromatic heterocycles. The number of hydrogen-bond acceptors (Lipinski definition) is 3. The summed E-state index contributed by atoms with van der Waals surface area (Å²) in [5.74, 6) is 0.634. The monoisotopic (exact) mass is 333 g/mol. The topological polar surface area (TPSA) is 49.6 Å². The fraction of sp³-hybridized carbons (Fsp3) is 0.533. The lowest BCUT2D eigenvalue weighted by Crippen LogP contribution is -2.40. The molecule has 6 heteroatoms. The van der Waals surface area contributed by atoms with Crippen LogP contribution in [0.25, 0.3) is 0 Å². The van der Waals surface area contributed by atoms with Gasteiger partial charge in [-0.2, -0.15) is 0 Å². The first-order chi connectivity index (χ1) is 9.06. The third-order valence-corrected chi connectivity index (χ3v) is 3.73. The number of carbonyl (C=O) groups is 1. The number of halogens is 2. The van der Waals surface area contributed by atoms with Crippen LogP contribution in [-0.2, 0) is 0 Å². The Labute approximate surface area is 139 Å². The van der Waals surface area contributed by atoms with Crippen LogP contribution in [0.15, 0.2) is 24.3 Å². The zero-order valence-electron chi connectivity index (χ0n) is 12.6. The standard InChI is InChI=1S/C15H23N3O.2ClH/c1-17-8-4-5-12(10-17)11-18(2)15(19)13-6-3-7-14(16)9-13;;/h3,6-7,9,12H,4-5,8,10-11,16H2,1-2H3;2*1H. The van der Waals surface area contributed by atoms with E-state index in [0.29, 0.717) is 17.2 Å². The van der Waals surface area contributed by atoms with Gasteiger partial charge >= 0.3 is 0 Å². The Kier molecular flexibility index (Phi) is 8.71. The molecule has 0 saturated carbocycles. The highest BCUT2D eigenvalue weighted by Gasteiger charge is 2.21. The van der Waals surface area contributed by atoms with E-state index in [1.807, 2.05) is 24.1 Å². The van der Waals surface area contributed by atoms with Crippen molar-refractivity contribution in [3.63, 3.8) is 0 Å². The Balaban J connectivity index is 0.00000200. The van der Waals surface area contributed by atoms with Gasteiger partial charge in [-0.15, -0.1) is 24.8 Å². The van der Waals surface area contributed by atoms with E-state index in [0.717, 1.165) is 13.1 Å². The molecule has 4 nitrogen and oxygen atoms in total. The summed E-state index contributed by atoms with van der Waals surface area (Å²) in [7, 11) is 4.02. The molecule has 0 aliphatic carbocycles. The minimum Gasteiger partial charge on any atom is -0.399 e. The number of hydrogen-bond donors (Lipinski definition) is 1. The van der Waals surface area contributed by atoms with Gasteiger partial charge in [-0.05, 0) is 50.6 Å². The fourth-order valence-electron chi connectivity index (χ4n) is 2.78. The largest absolute Gasteiger partial charge is 0.399 e. The molecule has 120 valence electrons. The van der Waals surface area contributed by atoms with E-state index >= 15 is 0 Å². The van der Waals surface area contributed by atoms with Crippen LogP contribution in [-0.4, -0.2) is 49.4 Å². The average molecular weight is 334 g/mol. The van der Waals surface area contributed by atoms with Gasteiger partial charge in [-0.3, -0.25) is 4.79 Å². The van der Waals surface area contributed by atoms with E-state index in [9.17, 15) is 4.79 Å². The van der Waals surface area contributed by atoms with Crippen LogP contribution in [0, 0.1) is 5.92 Å². The lowest BCUT2D eigenvalue weighted by Gasteiger charge is -2.32. The van der Waals surface area contributed by atoms with E-state index < -0.39 is 0 Å². The number of amides is 1. The van der Waals surface area contributed by atoms with Gasteiger partial charge in [0.1, 0.15) is 0 Å². The summed E-state index contributed by atoms with van der Waals surface area (Å²) < 4.78 is 0. The number of piperidine rings is 1. The smallest absolute Gasteiger partial charge is 0.253 e. The molecule has 1 heterocycles. The van der Waals surface area contributed by atoms with Crippen LogP contribution in [0.1, 0.15) is 23.2 Å². The van der Waals surface area contributed by atoms with Crippen LogP contribution >= 0.6 is 24.8 Å². The Morgan fingerprint density at radius 1 is 1.43 bits per heavy atom. The van der Waals surface area contributed by atoms with E-state index in [-0.39, 0.29) is 30.7 Å². The minimum absolute atomic E-state index is 0. The molecule has 1 aromatic carbocycles. The zero-order valence-corrected chi connectivity index (χ0v) is 14.3. The normalized spacial score (nSPS) is 18.3. The minimum atomic E-state index is 0. The molecule has 1 unspecified atom stereocenters. The lowest BCUT2D eigenvalue weighted by molar-refractivity contribution is 0.0741. The molecule has 2 N–H and O–H groups in total. The highest BCUT2D eigenvalue weighted by molar-refractivity contribution is 5.94. The number of anilines is 1. The maximum absolute atomic E-state index is 12.3. The molecule has 0 radical (unpaired) electrons. The van der Waals surface area contributed by atoms with E-state index in [2.05, 4.69) is 11.9 Å². The lowest BCUT2D eigenvalue weighted by atomic mass is 9.98. The number of likely N-dealkylation sites (tertiary alicyclic amines) is 1. The first kappa shape index (κ1) is 20.0. The van der Waals surface area contributed by atoms with Gasteiger partial charge in [-0.1, -0.05) is 6.07 Å². The van der Waals surface area contributed by atoms with Crippen molar-refractivity contribution in [2.24, 2.45) is 5.92 Å². The van der Waals surface area contributed by atoms with Crippen LogP contribution in [0.5, 0.6) is 0 Å². The van der Waals surface area contributed by atoms with Gasteiger partial charge in [0.05, 0.1) is 0 Å². The molecule has 1 aliphatic heterocycles. The van der Waals surface area contributed by atoms with Crippen molar-refractivity contribution < 1.29 is 4.79 Å². The number of nitrogens with zero attached hydrogens (tertiary/aromatic N) is 2. The third-order valence-electron chi connectivity index (χ3n) is 3.73. The van der Waals surface area contributed by atoms with E-state index in [1.165, 1.54) is 19.4 Å². The number of benzene rings is 1. The maximum Gasteiger partial charge on any atom is 0.253 e. The summed E-state index contributed by atoms with van der Waals surface area (Å²) in [5, 5.41) is 0. The van der Waals surface area contributed by atoms with Crippen molar-refractivity contribution in [3.05, 3.63) is 29.8 Å². The molecule has 0 spiro atoms. The van der Waals surface area contributed by atoms with Crippen molar-refractivity contribution in [1.82, 2.24) is 9.80 Å². The number of rotatable bonds is 3. The maximum atomic E-state index is 12.3. The highest BCUT2D eigenvalue weighted by atomic mass is 35.5. The fourth-order valence-corrected chi connectivity index (χ4v) is 2.78. The van der Waals surface area contributed by atoms with E-state index in [1.54, 1.807) is 12.1 Å². The Hall–Kier alpha value is -0.970. The molecule has 1 atom stereocenters. The second kappa shape index (κ2) is 9.13. The Morgan fingerprint density at radius 3 is 2.76 bits per heavy atom. The molecule has 1 saturated heterocycles. The van der Waals surface area contributed by atoms with Crippen LogP contribution in [0.4, 0.5) is 5.69 Å². The highest BCUT2D eigenvalue weighted by Crippen LogP contribution is 2.17. The molecular weight excluding hydrogens is 309 g/mol. The van der Waals surface area contributed by atoms with Gasteiger partial charge < -0.3 is 15.5 Å². The summed E-state index contributed by atoms with van der Waals surface area (Å²) in [6, 6.07) is 7.19. The van der Waals surface area contributed by atoms with Crippen molar-refractivity contribution in [3.8, 4) is 0 Å². The van der Waals surface area contributed by atoms with Gasteiger partial charge in [-0.25, -0.2) is 0 Å². The number of nitrogens with two attached hydrogens (primary N) is 1. The molecule has 1 aromatic rings. The predicted octanol–water partition coefficient (Wildman–Crippen LogP) is 2.53. The molecular formula is C15H25Cl2N3O. The van der Waals surface area contributed by atoms with Crippen molar-refractivity contribution in [2.45, 2.75) is 12.8 Å². The number of carbonyl (C=O) groups excluding carboxylic acids is 1. The van der Waals surface area contributed by atoms with E-state index in [4.69, 9.17) is 5.73 Å². The second-order valence-corrected chi connectivity index (χ2v) is 5.58. The quantitative estimate of drug-likeness (QED) is 0.864. The van der Waals surface area contributed by atoms with Crippen molar-refractivity contribution >= 4 is 36.4 Å². The summed E-state index contributed by atoms with van der Waals surface area (Å²) in [6.45, 7) is 3.07. The number of nitrogen functional groups attached to an aromatic ring is 1. The Bertz CT molecular complexity index is 456. The summed E-state index contributed by atoms with van der Waals surface area (Å²) in [4.78, 5) is 16.5. The Morgan fingerprint density at radius 2 is 2.14 bits per heavy atom. The summed E-state index contributed by atoms with van der Waals surface area (Å²) >= 11 is 0. The van der Waals surface area contributed by atoms with Crippen LogP contribution in [0.2, 0.25) is 0 Å². The zero-order chi connectivity index (χ0) is 13.8. The molecule has 1 fully saturated rings. The summed E-state index contributed by atoms with van der Waals surface area (Å²) in [5.41, 5.74) is 7.03. The average Bonchev–Trinajstić information content (AvgIpc) is 2.38. The molecule has 1 amide bonds. The first-order valence-corrected chi connectivity index (χ1v) is 6.86. The molecule has 21 heavy (non-hydrogen) atoms. The second-order valence-electron chi connectivity index (χ2n) is 5.58.